The minimum absolute atomic E-state index is 0.278. The first-order valence-electron chi connectivity index (χ1n) is 5.14. The fourth-order valence-corrected chi connectivity index (χ4v) is 2.00. The Morgan fingerprint density at radius 1 is 1.46 bits per heavy atom. The quantitative estimate of drug-likeness (QED) is 0.689. The maximum atomic E-state index is 5.64. The summed E-state index contributed by atoms with van der Waals surface area (Å²) < 4.78 is 0. The molecule has 1 rings (SSSR count). The van der Waals surface area contributed by atoms with Gasteiger partial charge < -0.3 is 5.73 Å². The summed E-state index contributed by atoms with van der Waals surface area (Å²) in [6.07, 6.45) is 3.92. The van der Waals surface area contributed by atoms with Crippen molar-refractivity contribution in [1.82, 2.24) is 4.90 Å². The van der Waals surface area contributed by atoms with Crippen molar-refractivity contribution in [3.8, 4) is 0 Å². The van der Waals surface area contributed by atoms with Gasteiger partial charge >= 0.3 is 0 Å². The molecule has 1 aliphatic rings. The molecule has 0 saturated carbocycles. The van der Waals surface area contributed by atoms with E-state index in [2.05, 4.69) is 18.7 Å². The molecule has 0 aromatic carbocycles. The zero-order valence-electron chi connectivity index (χ0n) is 8.62. The maximum Gasteiger partial charge on any atom is 0.0899 e. The largest absolute Gasteiger partial charge is 0.392 e. The molecule has 1 aliphatic heterocycles. The van der Waals surface area contributed by atoms with Crippen LogP contribution in [0.2, 0.25) is 0 Å². The highest BCUT2D eigenvalue weighted by molar-refractivity contribution is 7.80. The predicted molar refractivity (Wildman–Crippen MR) is 60.8 cm³/mol. The smallest absolute Gasteiger partial charge is 0.0899 e. The highest BCUT2D eigenvalue weighted by Crippen LogP contribution is 2.17. The Kier molecular flexibility index (Phi) is 4.13. The number of likely N-dealkylation sites (tertiary alicyclic amines) is 1. The lowest BCUT2D eigenvalue weighted by Gasteiger charge is -2.26. The molecule has 0 amide bonds. The van der Waals surface area contributed by atoms with Gasteiger partial charge in [-0.25, -0.2) is 0 Å². The molecule has 0 radical (unpaired) electrons. The summed E-state index contributed by atoms with van der Waals surface area (Å²) in [7, 11) is 0. The Balaban J connectivity index is 2.46. The molecule has 1 heterocycles. The van der Waals surface area contributed by atoms with Crippen LogP contribution in [0.4, 0.5) is 0 Å². The Bertz CT molecular complexity index is 182. The molecular weight excluding hydrogens is 180 g/mol. The summed E-state index contributed by atoms with van der Waals surface area (Å²) in [4.78, 5) is 3.04. The fraction of sp³-hybridized carbons (Fsp3) is 0.900. The second-order valence-electron chi connectivity index (χ2n) is 4.15. The summed E-state index contributed by atoms with van der Waals surface area (Å²) in [5.74, 6) is 0.864. The highest BCUT2D eigenvalue weighted by atomic mass is 32.1. The van der Waals surface area contributed by atoms with E-state index in [1.165, 1.54) is 19.3 Å². The van der Waals surface area contributed by atoms with Crippen LogP contribution in [0, 0.1) is 5.92 Å². The fourth-order valence-electron chi connectivity index (χ4n) is 1.85. The van der Waals surface area contributed by atoms with Crippen LogP contribution in [-0.4, -0.2) is 29.0 Å². The Morgan fingerprint density at radius 3 is 2.77 bits per heavy atom. The SMILES string of the molecule is CC1CCCN(C(C)C(N)=S)CC1. The summed E-state index contributed by atoms with van der Waals surface area (Å²) in [5, 5.41) is 0. The number of nitrogens with zero attached hydrogens (tertiary/aromatic N) is 1. The molecule has 0 bridgehead atoms. The highest BCUT2D eigenvalue weighted by Gasteiger charge is 2.19. The van der Waals surface area contributed by atoms with Crippen LogP contribution in [0.25, 0.3) is 0 Å². The monoisotopic (exact) mass is 200 g/mol. The molecule has 1 saturated heterocycles. The van der Waals surface area contributed by atoms with E-state index in [1.54, 1.807) is 0 Å². The van der Waals surface area contributed by atoms with Crippen molar-refractivity contribution in [2.24, 2.45) is 11.7 Å². The topological polar surface area (TPSA) is 29.3 Å². The molecule has 13 heavy (non-hydrogen) atoms. The average molecular weight is 200 g/mol. The van der Waals surface area contributed by atoms with Gasteiger partial charge in [0.2, 0.25) is 0 Å². The van der Waals surface area contributed by atoms with Crippen LogP contribution in [0.5, 0.6) is 0 Å². The molecule has 1 fully saturated rings. The molecule has 2 unspecified atom stereocenters. The van der Waals surface area contributed by atoms with Gasteiger partial charge in [0.25, 0.3) is 0 Å². The van der Waals surface area contributed by atoms with E-state index >= 15 is 0 Å². The van der Waals surface area contributed by atoms with E-state index < -0.39 is 0 Å². The minimum atomic E-state index is 0.278. The van der Waals surface area contributed by atoms with Crippen molar-refractivity contribution in [1.29, 1.82) is 0 Å². The molecule has 0 aromatic heterocycles. The van der Waals surface area contributed by atoms with Crippen molar-refractivity contribution in [2.45, 2.75) is 39.2 Å². The Labute approximate surface area is 86.5 Å². The van der Waals surface area contributed by atoms with Crippen LogP contribution in [0.3, 0.4) is 0 Å². The molecule has 0 aromatic rings. The maximum absolute atomic E-state index is 5.64. The molecule has 0 aliphatic carbocycles. The van der Waals surface area contributed by atoms with Crippen LogP contribution in [0.15, 0.2) is 0 Å². The number of hydrogen-bond acceptors (Lipinski definition) is 2. The van der Waals surface area contributed by atoms with Gasteiger partial charge in [-0.15, -0.1) is 0 Å². The van der Waals surface area contributed by atoms with Crippen LogP contribution in [0.1, 0.15) is 33.1 Å². The first kappa shape index (κ1) is 10.9. The van der Waals surface area contributed by atoms with E-state index in [9.17, 15) is 0 Å². The number of nitrogens with two attached hydrogens (primary N) is 1. The second kappa shape index (κ2) is 4.91. The minimum Gasteiger partial charge on any atom is -0.392 e. The lowest BCUT2D eigenvalue weighted by molar-refractivity contribution is 0.261. The molecule has 0 spiro atoms. The predicted octanol–water partition coefficient (Wildman–Crippen LogP) is 1.78. The molecule has 2 nitrogen and oxygen atoms in total. The van der Waals surface area contributed by atoms with Crippen LogP contribution in [-0.2, 0) is 0 Å². The molecule has 3 heteroatoms. The van der Waals surface area contributed by atoms with Crippen molar-refractivity contribution >= 4 is 17.2 Å². The van der Waals surface area contributed by atoms with E-state index in [1.807, 2.05) is 0 Å². The lowest BCUT2D eigenvalue weighted by Crippen LogP contribution is -2.42. The molecule has 2 atom stereocenters. The van der Waals surface area contributed by atoms with Gasteiger partial charge in [0, 0.05) is 0 Å². The first-order valence-corrected chi connectivity index (χ1v) is 5.55. The normalized spacial score (nSPS) is 28.0. The zero-order chi connectivity index (χ0) is 9.84. The summed E-state index contributed by atoms with van der Waals surface area (Å²) in [6, 6.07) is 0.278. The van der Waals surface area contributed by atoms with Gasteiger partial charge in [-0.1, -0.05) is 19.1 Å². The number of rotatable bonds is 2. The molecule has 76 valence electrons. The van der Waals surface area contributed by atoms with E-state index in [0.717, 1.165) is 19.0 Å². The van der Waals surface area contributed by atoms with Crippen LogP contribution >= 0.6 is 12.2 Å². The Morgan fingerprint density at radius 2 is 2.15 bits per heavy atom. The number of hydrogen-bond donors (Lipinski definition) is 1. The van der Waals surface area contributed by atoms with Gasteiger partial charge in [0.15, 0.2) is 0 Å². The van der Waals surface area contributed by atoms with E-state index in [0.29, 0.717) is 4.99 Å². The third-order valence-corrected chi connectivity index (χ3v) is 3.35. The molecular formula is C10H20N2S. The van der Waals surface area contributed by atoms with Gasteiger partial charge in [-0.3, -0.25) is 4.90 Å². The van der Waals surface area contributed by atoms with E-state index in [-0.39, 0.29) is 6.04 Å². The van der Waals surface area contributed by atoms with Crippen molar-refractivity contribution < 1.29 is 0 Å². The van der Waals surface area contributed by atoms with Gasteiger partial charge in [0.1, 0.15) is 0 Å². The standard InChI is InChI=1S/C10H20N2S/c1-8-4-3-6-12(7-5-8)9(2)10(11)13/h8-9H,3-7H2,1-2H3,(H2,11,13). The van der Waals surface area contributed by atoms with Gasteiger partial charge in [-0.05, 0) is 45.2 Å². The van der Waals surface area contributed by atoms with Gasteiger partial charge in [-0.2, -0.15) is 0 Å². The molecule has 2 N–H and O–H groups in total. The third-order valence-electron chi connectivity index (χ3n) is 3.01. The van der Waals surface area contributed by atoms with Crippen molar-refractivity contribution in [2.75, 3.05) is 13.1 Å². The Hall–Kier alpha value is -0.150. The summed E-state index contributed by atoms with van der Waals surface area (Å²) >= 11 is 5.01. The summed E-state index contributed by atoms with van der Waals surface area (Å²) in [6.45, 7) is 6.75. The summed E-state index contributed by atoms with van der Waals surface area (Å²) in [5.41, 5.74) is 5.64. The first-order chi connectivity index (χ1) is 6.11. The van der Waals surface area contributed by atoms with Crippen LogP contribution < -0.4 is 5.73 Å². The van der Waals surface area contributed by atoms with Gasteiger partial charge in [0.05, 0.1) is 11.0 Å². The zero-order valence-corrected chi connectivity index (χ0v) is 9.44. The van der Waals surface area contributed by atoms with Crippen molar-refractivity contribution in [3.63, 3.8) is 0 Å². The van der Waals surface area contributed by atoms with E-state index in [4.69, 9.17) is 18.0 Å². The number of thiocarbonyl (C=S) groups is 1. The third kappa shape index (κ3) is 3.24. The van der Waals surface area contributed by atoms with Crippen molar-refractivity contribution in [3.05, 3.63) is 0 Å². The second-order valence-corrected chi connectivity index (χ2v) is 4.62. The average Bonchev–Trinajstić information content (AvgIpc) is 2.28. The lowest BCUT2D eigenvalue weighted by atomic mass is 10.0.